The van der Waals surface area contributed by atoms with Gasteiger partial charge in [0, 0.05) is 17.5 Å². The molecule has 0 radical (unpaired) electrons. The van der Waals surface area contributed by atoms with Gasteiger partial charge in [-0.2, -0.15) is 0 Å². The molecule has 3 rings (SSSR count). The Balaban J connectivity index is 1.70. The van der Waals surface area contributed by atoms with Crippen LogP contribution < -0.4 is 10.1 Å². The molecule has 1 N–H and O–H groups in total. The van der Waals surface area contributed by atoms with E-state index < -0.39 is 11.0 Å². The fourth-order valence-electron chi connectivity index (χ4n) is 2.62. The highest BCUT2D eigenvalue weighted by atomic mass is 16.6. The summed E-state index contributed by atoms with van der Waals surface area (Å²) in [6, 6.07) is 12.6. The number of furan rings is 1. The third-order valence-electron chi connectivity index (χ3n) is 3.78. The second-order valence-electron chi connectivity index (χ2n) is 5.62. The zero-order chi connectivity index (χ0) is 18.0. The van der Waals surface area contributed by atoms with Crippen molar-refractivity contribution < 1.29 is 18.9 Å². The Morgan fingerprint density at radius 1 is 1.24 bits per heavy atom. The topological polar surface area (TPSA) is 94.6 Å². The molecule has 0 aliphatic heterocycles. The van der Waals surface area contributed by atoms with Gasteiger partial charge in [0.25, 0.3) is 5.69 Å². The van der Waals surface area contributed by atoms with Gasteiger partial charge in [-0.15, -0.1) is 0 Å². The van der Waals surface area contributed by atoms with E-state index in [0.717, 1.165) is 22.3 Å². The predicted octanol–water partition coefficient (Wildman–Crippen LogP) is 4.50. The van der Waals surface area contributed by atoms with Crippen molar-refractivity contribution in [1.29, 1.82) is 0 Å². The summed E-state index contributed by atoms with van der Waals surface area (Å²) in [6.45, 7) is 3.71. The number of rotatable bonds is 4. The SMILES string of the molecule is Cc1cc2c([C@@H](C)NC(=O)Oc3ccc([N+](=O)[O-])cc3)cccc2o1. The number of amides is 1. The van der Waals surface area contributed by atoms with Gasteiger partial charge in [-0.25, -0.2) is 4.79 Å². The van der Waals surface area contributed by atoms with Gasteiger partial charge in [-0.05, 0) is 43.7 Å². The molecule has 1 amide bonds. The highest BCUT2D eigenvalue weighted by molar-refractivity contribution is 5.83. The minimum atomic E-state index is -0.640. The first-order valence-electron chi connectivity index (χ1n) is 7.66. The zero-order valence-corrected chi connectivity index (χ0v) is 13.7. The van der Waals surface area contributed by atoms with Crippen LogP contribution in [0.1, 0.15) is 24.3 Å². The Kier molecular flexibility index (Phi) is 4.38. The van der Waals surface area contributed by atoms with Crippen molar-refractivity contribution in [2.75, 3.05) is 0 Å². The summed E-state index contributed by atoms with van der Waals surface area (Å²) in [5.74, 6) is 1.02. The van der Waals surface area contributed by atoms with Crippen LogP contribution in [-0.2, 0) is 0 Å². The molecule has 7 nitrogen and oxygen atoms in total. The fourth-order valence-corrected chi connectivity index (χ4v) is 2.62. The van der Waals surface area contributed by atoms with Crippen molar-refractivity contribution in [1.82, 2.24) is 5.32 Å². The number of fused-ring (bicyclic) bond motifs is 1. The number of nitrogens with zero attached hydrogens (tertiary/aromatic N) is 1. The number of hydrogen-bond acceptors (Lipinski definition) is 5. The Labute approximate surface area is 143 Å². The van der Waals surface area contributed by atoms with Gasteiger partial charge in [-0.1, -0.05) is 12.1 Å². The van der Waals surface area contributed by atoms with Crippen molar-refractivity contribution in [3.8, 4) is 5.75 Å². The second-order valence-corrected chi connectivity index (χ2v) is 5.62. The van der Waals surface area contributed by atoms with E-state index in [1.54, 1.807) is 0 Å². The monoisotopic (exact) mass is 340 g/mol. The molecule has 0 aliphatic carbocycles. The molecular formula is C18H16N2O5. The Hall–Kier alpha value is -3.35. The summed E-state index contributed by atoms with van der Waals surface area (Å²) in [5.41, 5.74) is 1.60. The number of nitro groups is 1. The smallest absolute Gasteiger partial charge is 0.413 e. The van der Waals surface area contributed by atoms with Crippen molar-refractivity contribution in [2.24, 2.45) is 0 Å². The number of benzene rings is 2. The van der Waals surface area contributed by atoms with E-state index in [4.69, 9.17) is 9.15 Å². The molecule has 0 unspecified atom stereocenters. The molecule has 0 fully saturated rings. The van der Waals surface area contributed by atoms with Crippen LogP contribution in [0.2, 0.25) is 0 Å². The standard InChI is InChI=1S/C18H16N2O5/c1-11-10-16-15(4-3-5-17(16)24-11)12(2)19-18(21)25-14-8-6-13(7-9-14)20(22)23/h3-10,12H,1-2H3,(H,19,21)/t12-/m1/s1. The summed E-state index contributed by atoms with van der Waals surface area (Å²) in [5, 5.41) is 14.3. The summed E-state index contributed by atoms with van der Waals surface area (Å²) < 4.78 is 10.8. The number of nitrogens with one attached hydrogen (secondary N) is 1. The van der Waals surface area contributed by atoms with E-state index in [0.29, 0.717) is 0 Å². The molecule has 0 saturated heterocycles. The van der Waals surface area contributed by atoms with Gasteiger partial charge < -0.3 is 14.5 Å². The van der Waals surface area contributed by atoms with Crippen LogP contribution in [0.15, 0.2) is 52.9 Å². The number of hydrogen-bond donors (Lipinski definition) is 1. The largest absolute Gasteiger partial charge is 0.461 e. The lowest BCUT2D eigenvalue weighted by atomic mass is 10.0. The highest BCUT2D eigenvalue weighted by Crippen LogP contribution is 2.27. The molecule has 2 aromatic carbocycles. The number of aryl methyl sites for hydroxylation is 1. The van der Waals surface area contributed by atoms with Gasteiger partial charge in [0.15, 0.2) is 0 Å². The van der Waals surface area contributed by atoms with Crippen LogP contribution >= 0.6 is 0 Å². The molecule has 0 spiro atoms. The maximum absolute atomic E-state index is 12.1. The Morgan fingerprint density at radius 3 is 2.64 bits per heavy atom. The Morgan fingerprint density at radius 2 is 1.96 bits per heavy atom. The lowest BCUT2D eigenvalue weighted by molar-refractivity contribution is -0.384. The van der Waals surface area contributed by atoms with Gasteiger partial charge in [0.2, 0.25) is 0 Å². The molecule has 1 heterocycles. The molecule has 0 aliphatic rings. The number of carbonyl (C=O) groups is 1. The number of non-ortho nitro benzene ring substituents is 1. The van der Waals surface area contributed by atoms with Gasteiger partial charge >= 0.3 is 6.09 Å². The van der Waals surface area contributed by atoms with Crippen LogP contribution in [0, 0.1) is 17.0 Å². The lowest BCUT2D eigenvalue weighted by Crippen LogP contribution is -2.29. The van der Waals surface area contributed by atoms with E-state index in [9.17, 15) is 14.9 Å². The van der Waals surface area contributed by atoms with Crippen LogP contribution in [0.5, 0.6) is 5.75 Å². The minimum Gasteiger partial charge on any atom is -0.461 e. The molecule has 3 aromatic rings. The van der Waals surface area contributed by atoms with Crippen LogP contribution in [0.3, 0.4) is 0 Å². The molecule has 128 valence electrons. The van der Waals surface area contributed by atoms with Crippen LogP contribution in [0.25, 0.3) is 11.0 Å². The molecule has 1 atom stereocenters. The first-order chi connectivity index (χ1) is 11.9. The fraction of sp³-hybridized carbons (Fsp3) is 0.167. The third kappa shape index (κ3) is 3.60. The Bertz CT molecular complexity index is 930. The van der Waals surface area contributed by atoms with E-state index in [-0.39, 0.29) is 17.5 Å². The van der Waals surface area contributed by atoms with Crippen molar-refractivity contribution >= 4 is 22.7 Å². The summed E-state index contributed by atoms with van der Waals surface area (Å²) >= 11 is 0. The number of ether oxygens (including phenoxy) is 1. The minimum absolute atomic E-state index is 0.0665. The molecular weight excluding hydrogens is 324 g/mol. The van der Waals surface area contributed by atoms with Gasteiger partial charge in [0.1, 0.15) is 17.1 Å². The molecule has 0 bridgehead atoms. The van der Waals surface area contributed by atoms with Gasteiger partial charge in [0.05, 0.1) is 11.0 Å². The average Bonchev–Trinajstić information content (AvgIpc) is 2.95. The zero-order valence-electron chi connectivity index (χ0n) is 13.7. The van der Waals surface area contributed by atoms with E-state index in [2.05, 4.69) is 5.32 Å². The molecule has 25 heavy (non-hydrogen) atoms. The number of nitro benzene ring substituents is 1. The number of carbonyl (C=O) groups excluding carboxylic acids is 1. The van der Waals surface area contributed by atoms with Crippen molar-refractivity contribution in [3.63, 3.8) is 0 Å². The summed E-state index contributed by atoms with van der Waals surface area (Å²) in [4.78, 5) is 22.2. The quantitative estimate of drug-likeness (QED) is 0.557. The predicted molar refractivity (Wildman–Crippen MR) is 91.6 cm³/mol. The average molecular weight is 340 g/mol. The summed E-state index contributed by atoms with van der Waals surface area (Å²) in [6.07, 6.45) is -0.640. The normalized spacial score (nSPS) is 11.9. The second kappa shape index (κ2) is 6.64. The summed E-state index contributed by atoms with van der Waals surface area (Å²) in [7, 11) is 0. The first kappa shape index (κ1) is 16.5. The third-order valence-corrected chi connectivity index (χ3v) is 3.78. The maximum atomic E-state index is 12.1. The van der Waals surface area contributed by atoms with Crippen molar-refractivity contribution in [2.45, 2.75) is 19.9 Å². The van der Waals surface area contributed by atoms with E-state index in [1.807, 2.05) is 38.1 Å². The molecule has 1 aromatic heterocycles. The van der Waals surface area contributed by atoms with Crippen molar-refractivity contribution in [3.05, 3.63) is 70.0 Å². The highest BCUT2D eigenvalue weighted by Gasteiger charge is 2.16. The lowest BCUT2D eigenvalue weighted by Gasteiger charge is -2.15. The molecule has 7 heteroatoms. The van der Waals surface area contributed by atoms with Gasteiger partial charge in [-0.3, -0.25) is 10.1 Å². The maximum Gasteiger partial charge on any atom is 0.413 e. The van der Waals surface area contributed by atoms with E-state index >= 15 is 0 Å². The van der Waals surface area contributed by atoms with Crippen LogP contribution in [0.4, 0.5) is 10.5 Å². The van der Waals surface area contributed by atoms with E-state index in [1.165, 1.54) is 24.3 Å². The molecule has 0 saturated carbocycles. The first-order valence-corrected chi connectivity index (χ1v) is 7.66. The van der Waals surface area contributed by atoms with Crippen LogP contribution in [-0.4, -0.2) is 11.0 Å².